The number of carbonyl (C=O) groups is 3. The highest BCUT2D eigenvalue weighted by Gasteiger charge is 2.26. The van der Waals surface area contributed by atoms with Gasteiger partial charge in [0.1, 0.15) is 6.04 Å². The van der Waals surface area contributed by atoms with Gasteiger partial charge in [-0.05, 0) is 22.9 Å². The van der Waals surface area contributed by atoms with E-state index < -0.39 is 12.0 Å². The molecule has 1 atom stereocenters. The van der Waals surface area contributed by atoms with E-state index in [1.165, 1.54) is 4.90 Å². The number of nitrogens with one attached hydrogen (secondary N) is 1. The van der Waals surface area contributed by atoms with E-state index in [0.29, 0.717) is 6.54 Å². The molecule has 0 saturated heterocycles. The van der Waals surface area contributed by atoms with Gasteiger partial charge in [0.2, 0.25) is 5.91 Å². The lowest BCUT2D eigenvalue weighted by Crippen LogP contribution is -2.46. The maximum Gasteiger partial charge on any atom is 0.329 e. The Morgan fingerprint density at radius 3 is 2.43 bits per heavy atom. The lowest BCUT2D eigenvalue weighted by molar-refractivity contribution is -0.155. The molecule has 1 unspecified atom stereocenters. The summed E-state index contributed by atoms with van der Waals surface area (Å²) in [6.07, 6.45) is 0.180. The van der Waals surface area contributed by atoms with E-state index in [9.17, 15) is 14.4 Å². The van der Waals surface area contributed by atoms with Crippen molar-refractivity contribution in [3.8, 4) is 0 Å². The number of carbonyl (C=O) groups excluding carboxylic acids is 3. The van der Waals surface area contributed by atoms with Crippen molar-refractivity contribution in [2.24, 2.45) is 5.92 Å². The Labute approximate surface area is 169 Å². The first-order chi connectivity index (χ1) is 13.4. The van der Waals surface area contributed by atoms with Crippen LogP contribution < -0.4 is 5.32 Å². The van der Waals surface area contributed by atoms with Crippen molar-refractivity contribution in [2.75, 3.05) is 13.7 Å². The number of hydrogen-bond acceptors (Lipinski definition) is 5. The molecule has 0 aliphatic heterocycles. The monoisotopic (exact) mass is 402 g/mol. The zero-order valence-corrected chi connectivity index (χ0v) is 17.2. The van der Waals surface area contributed by atoms with Gasteiger partial charge < -0.3 is 15.0 Å². The van der Waals surface area contributed by atoms with E-state index in [2.05, 4.69) is 5.32 Å². The van der Waals surface area contributed by atoms with E-state index >= 15 is 0 Å². The molecule has 2 aromatic rings. The Kier molecular flexibility index (Phi) is 8.19. The second kappa shape index (κ2) is 10.6. The average Bonchev–Trinajstić information content (AvgIpc) is 3.17. The number of rotatable bonds is 9. The van der Waals surface area contributed by atoms with Crippen LogP contribution in [0.4, 0.5) is 0 Å². The lowest BCUT2D eigenvalue weighted by Gasteiger charge is -2.22. The highest BCUT2D eigenvalue weighted by atomic mass is 32.1. The van der Waals surface area contributed by atoms with Crippen molar-refractivity contribution in [3.05, 3.63) is 58.3 Å². The summed E-state index contributed by atoms with van der Waals surface area (Å²) in [5.74, 6) is -1.32. The van der Waals surface area contributed by atoms with Crippen molar-refractivity contribution >= 4 is 29.1 Å². The van der Waals surface area contributed by atoms with Crippen LogP contribution in [0.1, 0.15) is 24.3 Å². The van der Waals surface area contributed by atoms with Crippen molar-refractivity contribution in [2.45, 2.75) is 32.9 Å². The van der Waals surface area contributed by atoms with Gasteiger partial charge >= 0.3 is 5.97 Å². The van der Waals surface area contributed by atoms with E-state index in [1.807, 2.05) is 61.7 Å². The fraction of sp³-hybridized carbons (Fsp3) is 0.381. The van der Waals surface area contributed by atoms with Gasteiger partial charge in [0, 0.05) is 11.9 Å². The van der Waals surface area contributed by atoms with E-state index in [4.69, 9.17) is 4.74 Å². The second-order valence-corrected chi connectivity index (χ2v) is 7.92. The Bertz CT molecular complexity index is 775. The van der Waals surface area contributed by atoms with E-state index in [1.54, 1.807) is 18.4 Å². The molecule has 2 rings (SSSR count). The molecule has 1 N–H and O–H groups in total. The fourth-order valence-electron chi connectivity index (χ4n) is 2.56. The molecule has 1 aromatic carbocycles. The van der Waals surface area contributed by atoms with E-state index in [-0.39, 0.29) is 30.8 Å². The third-order valence-corrected chi connectivity index (χ3v) is 5.04. The summed E-state index contributed by atoms with van der Waals surface area (Å²) in [5, 5.41) is 4.66. The molecule has 0 aliphatic rings. The van der Waals surface area contributed by atoms with Gasteiger partial charge in [0.05, 0.1) is 13.0 Å². The van der Waals surface area contributed by atoms with E-state index in [0.717, 1.165) is 10.4 Å². The molecule has 2 amide bonds. The van der Waals surface area contributed by atoms with Crippen LogP contribution in [0.5, 0.6) is 0 Å². The summed E-state index contributed by atoms with van der Waals surface area (Å²) >= 11 is 1.56. The van der Waals surface area contributed by atoms with Gasteiger partial charge in [0.15, 0.2) is 6.61 Å². The topological polar surface area (TPSA) is 75.7 Å². The summed E-state index contributed by atoms with van der Waals surface area (Å²) in [5.41, 5.74) is 0.862. The highest BCUT2D eigenvalue weighted by Crippen LogP contribution is 2.11. The van der Waals surface area contributed by atoms with Gasteiger partial charge in [0.25, 0.3) is 5.91 Å². The molecular weight excluding hydrogens is 376 g/mol. The molecule has 7 heteroatoms. The first-order valence-electron chi connectivity index (χ1n) is 9.13. The van der Waals surface area contributed by atoms with Crippen LogP contribution in [0, 0.1) is 5.92 Å². The first-order valence-corrected chi connectivity index (χ1v) is 10.0. The van der Waals surface area contributed by atoms with Gasteiger partial charge in [-0.15, -0.1) is 11.3 Å². The molecule has 0 bridgehead atoms. The van der Waals surface area contributed by atoms with Gasteiger partial charge in [-0.2, -0.15) is 0 Å². The van der Waals surface area contributed by atoms with Crippen LogP contribution in [-0.2, 0) is 32.1 Å². The summed E-state index contributed by atoms with van der Waals surface area (Å²) in [6, 6.07) is 12.4. The number of hydrogen-bond donors (Lipinski definition) is 1. The van der Waals surface area contributed by atoms with Crippen molar-refractivity contribution in [1.29, 1.82) is 0 Å². The molecule has 150 valence electrons. The first kappa shape index (κ1) is 21.6. The number of esters is 1. The average molecular weight is 403 g/mol. The van der Waals surface area contributed by atoms with Crippen LogP contribution in [-0.4, -0.2) is 42.4 Å². The smallest absolute Gasteiger partial charge is 0.329 e. The standard InChI is InChI=1S/C21H26N2O4S/c1-15(2)20(22-18(24)12-16-8-5-4-6-9-16)21(26)27-14-19(25)23(3)13-17-10-7-11-28-17/h4-11,15,20H,12-14H2,1-3H3,(H,22,24). The quantitative estimate of drug-likeness (QED) is 0.654. The summed E-state index contributed by atoms with van der Waals surface area (Å²) < 4.78 is 5.18. The SMILES string of the molecule is CC(C)C(NC(=O)Cc1ccccc1)C(=O)OCC(=O)N(C)Cc1cccs1. The molecule has 0 spiro atoms. The Morgan fingerprint density at radius 1 is 1.11 bits per heavy atom. The minimum atomic E-state index is -0.799. The third-order valence-electron chi connectivity index (χ3n) is 4.18. The molecule has 0 fully saturated rings. The van der Waals surface area contributed by atoms with Crippen LogP contribution in [0.3, 0.4) is 0 Å². The van der Waals surface area contributed by atoms with Crippen LogP contribution >= 0.6 is 11.3 Å². The van der Waals surface area contributed by atoms with Crippen LogP contribution in [0.15, 0.2) is 47.8 Å². The zero-order chi connectivity index (χ0) is 20.5. The van der Waals surface area contributed by atoms with Gasteiger partial charge in [-0.1, -0.05) is 50.2 Å². The van der Waals surface area contributed by atoms with Crippen molar-refractivity contribution < 1.29 is 19.1 Å². The Balaban J connectivity index is 1.84. The van der Waals surface area contributed by atoms with Gasteiger partial charge in [-0.25, -0.2) is 4.79 Å². The molecule has 28 heavy (non-hydrogen) atoms. The number of nitrogens with zero attached hydrogens (tertiary/aromatic N) is 1. The minimum absolute atomic E-state index is 0.161. The Morgan fingerprint density at radius 2 is 1.82 bits per heavy atom. The van der Waals surface area contributed by atoms with Crippen LogP contribution in [0.2, 0.25) is 0 Å². The highest BCUT2D eigenvalue weighted by molar-refractivity contribution is 7.09. The fourth-order valence-corrected chi connectivity index (χ4v) is 3.32. The molecule has 1 aromatic heterocycles. The molecule has 6 nitrogen and oxygen atoms in total. The summed E-state index contributed by atoms with van der Waals surface area (Å²) in [7, 11) is 1.66. The largest absolute Gasteiger partial charge is 0.454 e. The Hall–Kier alpha value is -2.67. The predicted octanol–water partition coefficient (Wildman–Crippen LogP) is 2.63. The predicted molar refractivity (Wildman–Crippen MR) is 109 cm³/mol. The maximum absolute atomic E-state index is 12.4. The van der Waals surface area contributed by atoms with Crippen molar-refractivity contribution in [3.63, 3.8) is 0 Å². The van der Waals surface area contributed by atoms with Crippen molar-refractivity contribution in [1.82, 2.24) is 10.2 Å². The second-order valence-electron chi connectivity index (χ2n) is 6.89. The molecule has 0 saturated carbocycles. The number of amides is 2. The minimum Gasteiger partial charge on any atom is -0.454 e. The molecule has 0 aliphatic carbocycles. The number of likely N-dealkylation sites (N-methyl/N-ethyl adjacent to an activating group) is 1. The van der Waals surface area contributed by atoms with Crippen LogP contribution in [0.25, 0.3) is 0 Å². The number of thiophene rings is 1. The third kappa shape index (κ3) is 6.81. The summed E-state index contributed by atoms with van der Waals surface area (Å²) in [6.45, 7) is 3.76. The number of benzene rings is 1. The maximum atomic E-state index is 12.4. The number of ether oxygens (including phenoxy) is 1. The molecule has 1 heterocycles. The zero-order valence-electron chi connectivity index (χ0n) is 16.4. The molecular formula is C21H26N2O4S. The normalized spacial score (nSPS) is 11.7. The molecule has 0 radical (unpaired) electrons. The van der Waals surface area contributed by atoms with Gasteiger partial charge in [-0.3, -0.25) is 9.59 Å². The lowest BCUT2D eigenvalue weighted by atomic mass is 10.0. The summed E-state index contributed by atoms with van der Waals surface area (Å²) in [4.78, 5) is 39.4.